The summed E-state index contributed by atoms with van der Waals surface area (Å²) in [5.74, 6) is -0.821. The monoisotopic (exact) mass is 300 g/mol. The molecule has 1 aromatic carbocycles. The predicted octanol–water partition coefficient (Wildman–Crippen LogP) is 1.41. The van der Waals surface area contributed by atoms with Crippen molar-refractivity contribution in [2.75, 3.05) is 11.4 Å². The van der Waals surface area contributed by atoms with Crippen LogP contribution in [-0.4, -0.2) is 32.1 Å². The zero-order valence-corrected chi connectivity index (χ0v) is 12.4. The van der Waals surface area contributed by atoms with E-state index in [1.165, 1.54) is 12.1 Å². The van der Waals surface area contributed by atoms with Crippen molar-refractivity contribution in [1.82, 2.24) is 0 Å². The van der Waals surface area contributed by atoms with Gasteiger partial charge in [-0.05, 0) is 44.5 Å². The second-order valence-corrected chi connectivity index (χ2v) is 6.38. The molecule has 1 rings (SSSR count). The molecule has 0 saturated carbocycles. The highest BCUT2D eigenvalue weighted by Crippen LogP contribution is 2.20. The zero-order valence-electron chi connectivity index (χ0n) is 11.6. The van der Waals surface area contributed by atoms with E-state index in [0.717, 1.165) is 5.69 Å². The van der Waals surface area contributed by atoms with E-state index >= 15 is 0 Å². The first-order valence-corrected chi connectivity index (χ1v) is 7.87. The fraction of sp³-hybridized carbons (Fsp3) is 0.462. The number of hydrogen-bond donors (Lipinski definition) is 2. The second kappa shape index (κ2) is 6.71. The number of nitrogens with two attached hydrogens (primary N) is 1. The Balaban J connectivity index is 2.84. The molecular weight excluding hydrogens is 280 g/mol. The number of carboxylic acid groups (broad SMARTS) is 1. The number of benzene rings is 1. The van der Waals surface area contributed by atoms with Crippen molar-refractivity contribution in [3.05, 3.63) is 24.3 Å². The largest absolute Gasteiger partial charge is 0.481 e. The van der Waals surface area contributed by atoms with Crippen LogP contribution in [0.25, 0.3) is 0 Å². The lowest BCUT2D eigenvalue weighted by molar-refractivity contribution is -0.137. The van der Waals surface area contributed by atoms with Crippen LogP contribution in [0.5, 0.6) is 0 Å². The van der Waals surface area contributed by atoms with Gasteiger partial charge in [0.1, 0.15) is 0 Å². The third-order valence-electron chi connectivity index (χ3n) is 2.91. The molecule has 20 heavy (non-hydrogen) atoms. The standard InChI is InChI=1S/C13H20N2O4S/c1-10(2)15(9-3-4-13(16)17)11-5-7-12(8-6-11)20(14,18)19/h5-8,10H,3-4,9H2,1-2H3,(H,16,17)(H2,14,18,19). The molecule has 0 atom stereocenters. The van der Waals surface area contributed by atoms with Crippen LogP contribution in [0.15, 0.2) is 29.2 Å². The number of carboxylic acids is 1. The first-order chi connectivity index (χ1) is 9.21. The normalized spacial score (nSPS) is 11.6. The molecule has 0 saturated heterocycles. The van der Waals surface area contributed by atoms with Gasteiger partial charge in [0, 0.05) is 24.7 Å². The van der Waals surface area contributed by atoms with Gasteiger partial charge in [-0.15, -0.1) is 0 Å². The molecule has 0 heterocycles. The molecular formula is C13H20N2O4S. The van der Waals surface area contributed by atoms with Crippen LogP contribution in [0.3, 0.4) is 0 Å². The molecule has 0 aromatic heterocycles. The van der Waals surface area contributed by atoms with E-state index in [-0.39, 0.29) is 17.4 Å². The number of rotatable bonds is 7. The van der Waals surface area contributed by atoms with E-state index in [0.29, 0.717) is 13.0 Å². The molecule has 0 fully saturated rings. The first kappa shape index (κ1) is 16.5. The number of sulfonamides is 1. The summed E-state index contributed by atoms with van der Waals surface area (Å²) >= 11 is 0. The van der Waals surface area contributed by atoms with Gasteiger partial charge in [-0.1, -0.05) is 0 Å². The molecule has 0 spiro atoms. The van der Waals surface area contributed by atoms with Gasteiger partial charge >= 0.3 is 5.97 Å². The van der Waals surface area contributed by atoms with E-state index in [9.17, 15) is 13.2 Å². The summed E-state index contributed by atoms with van der Waals surface area (Å²) in [5, 5.41) is 13.7. The fourth-order valence-corrected chi connectivity index (χ4v) is 2.43. The topological polar surface area (TPSA) is 101 Å². The van der Waals surface area contributed by atoms with Crippen molar-refractivity contribution in [1.29, 1.82) is 0 Å². The number of carbonyl (C=O) groups is 1. The molecule has 112 valence electrons. The Morgan fingerprint density at radius 2 is 1.85 bits per heavy atom. The summed E-state index contributed by atoms with van der Waals surface area (Å²) in [4.78, 5) is 12.6. The van der Waals surface area contributed by atoms with Gasteiger partial charge in [-0.2, -0.15) is 0 Å². The van der Waals surface area contributed by atoms with Crippen LogP contribution in [0.1, 0.15) is 26.7 Å². The van der Waals surface area contributed by atoms with Crippen molar-refractivity contribution < 1.29 is 18.3 Å². The highest BCUT2D eigenvalue weighted by Gasteiger charge is 2.13. The maximum atomic E-state index is 11.2. The highest BCUT2D eigenvalue weighted by molar-refractivity contribution is 7.89. The SMILES string of the molecule is CC(C)N(CCCC(=O)O)c1ccc(S(N)(=O)=O)cc1. The first-order valence-electron chi connectivity index (χ1n) is 6.33. The summed E-state index contributed by atoms with van der Waals surface area (Å²) in [6.45, 7) is 4.58. The smallest absolute Gasteiger partial charge is 0.303 e. The van der Waals surface area contributed by atoms with Crippen molar-refractivity contribution in [2.24, 2.45) is 5.14 Å². The summed E-state index contributed by atoms with van der Waals surface area (Å²) in [5.41, 5.74) is 0.845. The maximum Gasteiger partial charge on any atom is 0.303 e. The Morgan fingerprint density at radius 1 is 1.30 bits per heavy atom. The van der Waals surface area contributed by atoms with Crippen LogP contribution in [-0.2, 0) is 14.8 Å². The van der Waals surface area contributed by atoms with Crippen LogP contribution in [0.4, 0.5) is 5.69 Å². The number of aliphatic carboxylic acids is 1. The van der Waals surface area contributed by atoms with E-state index in [2.05, 4.69) is 0 Å². The van der Waals surface area contributed by atoms with E-state index in [4.69, 9.17) is 10.2 Å². The van der Waals surface area contributed by atoms with E-state index < -0.39 is 16.0 Å². The fourth-order valence-electron chi connectivity index (χ4n) is 1.91. The summed E-state index contributed by atoms with van der Waals surface area (Å²) in [6, 6.07) is 6.46. The molecule has 0 amide bonds. The molecule has 0 unspecified atom stereocenters. The molecule has 0 aliphatic heterocycles. The number of anilines is 1. The van der Waals surface area contributed by atoms with Crippen LogP contribution in [0, 0.1) is 0 Å². The average molecular weight is 300 g/mol. The molecule has 0 aliphatic rings. The van der Waals surface area contributed by atoms with Gasteiger partial charge < -0.3 is 10.0 Å². The van der Waals surface area contributed by atoms with Crippen molar-refractivity contribution in [2.45, 2.75) is 37.6 Å². The Labute approximate surface area is 119 Å². The van der Waals surface area contributed by atoms with Crippen molar-refractivity contribution >= 4 is 21.7 Å². The van der Waals surface area contributed by atoms with E-state index in [1.807, 2.05) is 18.7 Å². The number of nitrogens with zero attached hydrogens (tertiary/aromatic N) is 1. The summed E-state index contributed by atoms with van der Waals surface area (Å²) in [7, 11) is -3.69. The summed E-state index contributed by atoms with van der Waals surface area (Å²) in [6.07, 6.45) is 0.642. The van der Waals surface area contributed by atoms with Gasteiger partial charge in [0.25, 0.3) is 0 Å². The Bertz CT molecular complexity index is 552. The summed E-state index contributed by atoms with van der Waals surface area (Å²) < 4.78 is 22.4. The molecule has 0 aliphatic carbocycles. The zero-order chi connectivity index (χ0) is 15.3. The quantitative estimate of drug-likeness (QED) is 0.793. The van der Waals surface area contributed by atoms with Gasteiger partial charge in [-0.25, -0.2) is 13.6 Å². The number of hydrogen-bond acceptors (Lipinski definition) is 4. The third-order valence-corrected chi connectivity index (χ3v) is 3.84. The third kappa shape index (κ3) is 4.82. The molecule has 7 heteroatoms. The Kier molecular flexibility index (Phi) is 5.52. The maximum absolute atomic E-state index is 11.2. The Hall–Kier alpha value is -1.60. The molecule has 3 N–H and O–H groups in total. The molecule has 0 radical (unpaired) electrons. The highest BCUT2D eigenvalue weighted by atomic mass is 32.2. The van der Waals surface area contributed by atoms with Crippen LogP contribution in [0.2, 0.25) is 0 Å². The molecule has 6 nitrogen and oxygen atoms in total. The minimum absolute atomic E-state index is 0.0653. The van der Waals surface area contributed by atoms with Crippen molar-refractivity contribution in [3.63, 3.8) is 0 Å². The average Bonchev–Trinajstić information content (AvgIpc) is 2.33. The van der Waals surface area contributed by atoms with Gasteiger partial charge in [0.2, 0.25) is 10.0 Å². The minimum Gasteiger partial charge on any atom is -0.481 e. The van der Waals surface area contributed by atoms with Gasteiger partial charge in [0.15, 0.2) is 0 Å². The second-order valence-electron chi connectivity index (χ2n) is 4.82. The number of primary sulfonamides is 1. The lowest BCUT2D eigenvalue weighted by atomic mass is 10.2. The minimum atomic E-state index is -3.69. The van der Waals surface area contributed by atoms with Gasteiger partial charge in [-0.3, -0.25) is 4.79 Å². The molecule has 0 bridgehead atoms. The van der Waals surface area contributed by atoms with Crippen LogP contribution >= 0.6 is 0 Å². The van der Waals surface area contributed by atoms with E-state index in [1.54, 1.807) is 12.1 Å². The van der Waals surface area contributed by atoms with Gasteiger partial charge in [0.05, 0.1) is 4.90 Å². The van der Waals surface area contributed by atoms with Crippen LogP contribution < -0.4 is 10.0 Å². The van der Waals surface area contributed by atoms with Crippen molar-refractivity contribution in [3.8, 4) is 0 Å². The molecule has 1 aromatic rings. The lowest BCUT2D eigenvalue weighted by Gasteiger charge is -2.29. The lowest BCUT2D eigenvalue weighted by Crippen LogP contribution is -2.32. The Morgan fingerprint density at radius 3 is 2.25 bits per heavy atom. The predicted molar refractivity (Wildman–Crippen MR) is 77.2 cm³/mol.